The molecule has 3 heteroatoms. The highest BCUT2D eigenvalue weighted by Crippen LogP contribution is 2.15. The van der Waals surface area contributed by atoms with Gasteiger partial charge >= 0.3 is 0 Å². The Morgan fingerprint density at radius 3 is 2.40 bits per heavy atom. The Balaban J connectivity index is 2.36. The first-order valence-electron chi connectivity index (χ1n) is 5.21. The van der Waals surface area contributed by atoms with Crippen molar-refractivity contribution in [2.45, 2.75) is 19.4 Å². The van der Waals surface area contributed by atoms with Crippen LogP contribution in [0.5, 0.6) is 5.75 Å². The Kier molecular flexibility index (Phi) is 5.15. The predicted octanol–water partition coefficient (Wildman–Crippen LogP) is 2.12. The van der Waals surface area contributed by atoms with Gasteiger partial charge in [0.2, 0.25) is 0 Å². The molecule has 0 saturated heterocycles. The predicted molar refractivity (Wildman–Crippen MR) is 61.0 cm³/mol. The average Bonchev–Trinajstić information content (AvgIpc) is 2.25. The molecule has 2 N–H and O–H groups in total. The van der Waals surface area contributed by atoms with Crippen LogP contribution in [0.15, 0.2) is 24.3 Å². The number of hydrogen-bond donors (Lipinski definition) is 1. The maximum atomic E-state index is 5.75. The maximum Gasteiger partial charge on any atom is 0.119 e. The van der Waals surface area contributed by atoms with E-state index < -0.39 is 0 Å². The molecule has 0 radical (unpaired) electrons. The number of ether oxygens (including phenoxy) is 2. The van der Waals surface area contributed by atoms with Gasteiger partial charge in [0.1, 0.15) is 5.75 Å². The summed E-state index contributed by atoms with van der Waals surface area (Å²) in [7, 11) is 1.69. The van der Waals surface area contributed by atoms with Crippen LogP contribution in [0.1, 0.15) is 24.9 Å². The number of methoxy groups -OCH3 is 1. The fraction of sp³-hybridized carbons (Fsp3) is 0.500. The van der Waals surface area contributed by atoms with Crippen molar-refractivity contribution in [1.29, 1.82) is 0 Å². The zero-order valence-electron chi connectivity index (χ0n) is 9.40. The summed E-state index contributed by atoms with van der Waals surface area (Å²) in [6.45, 7) is 3.39. The smallest absolute Gasteiger partial charge is 0.119 e. The lowest BCUT2D eigenvalue weighted by Gasteiger charge is -2.08. The molecule has 0 heterocycles. The van der Waals surface area contributed by atoms with Crippen LogP contribution >= 0.6 is 0 Å². The van der Waals surface area contributed by atoms with E-state index >= 15 is 0 Å². The Bertz CT molecular complexity index is 269. The molecule has 0 saturated carbocycles. The van der Waals surface area contributed by atoms with Crippen molar-refractivity contribution in [2.75, 3.05) is 20.3 Å². The van der Waals surface area contributed by atoms with E-state index in [9.17, 15) is 0 Å². The van der Waals surface area contributed by atoms with Crippen LogP contribution < -0.4 is 10.5 Å². The Morgan fingerprint density at radius 2 is 1.87 bits per heavy atom. The van der Waals surface area contributed by atoms with E-state index in [-0.39, 0.29) is 6.04 Å². The minimum absolute atomic E-state index is 0.0764. The van der Waals surface area contributed by atoms with Crippen LogP contribution in [0.25, 0.3) is 0 Å². The first-order chi connectivity index (χ1) is 7.24. The molecule has 3 nitrogen and oxygen atoms in total. The summed E-state index contributed by atoms with van der Waals surface area (Å²) in [5.41, 5.74) is 6.87. The summed E-state index contributed by atoms with van der Waals surface area (Å²) in [6.07, 6.45) is 0.908. The van der Waals surface area contributed by atoms with Gasteiger partial charge in [-0.2, -0.15) is 0 Å². The van der Waals surface area contributed by atoms with Crippen molar-refractivity contribution < 1.29 is 9.47 Å². The molecule has 1 rings (SSSR count). The molecule has 0 aromatic heterocycles. The van der Waals surface area contributed by atoms with Gasteiger partial charge in [-0.05, 0) is 24.6 Å². The zero-order valence-corrected chi connectivity index (χ0v) is 9.40. The fourth-order valence-corrected chi connectivity index (χ4v) is 1.26. The second kappa shape index (κ2) is 6.43. The average molecular weight is 209 g/mol. The quantitative estimate of drug-likeness (QED) is 0.730. The first kappa shape index (κ1) is 12.0. The van der Waals surface area contributed by atoms with E-state index in [2.05, 4.69) is 0 Å². The summed E-state index contributed by atoms with van der Waals surface area (Å²) >= 11 is 0. The monoisotopic (exact) mass is 209 g/mol. The highest BCUT2D eigenvalue weighted by atomic mass is 16.5. The van der Waals surface area contributed by atoms with E-state index in [4.69, 9.17) is 15.2 Å². The molecule has 84 valence electrons. The first-order valence-corrected chi connectivity index (χ1v) is 5.21. The SMILES string of the molecule is COCCCOc1ccc(C(C)N)cc1. The molecular weight excluding hydrogens is 190 g/mol. The van der Waals surface area contributed by atoms with E-state index in [0.717, 1.165) is 24.3 Å². The van der Waals surface area contributed by atoms with Gasteiger partial charge in [-0.15, -0.1) is 0 Å². The Labute approximate surface area is 91.2 Å². The summed E-state index contributed by atoms with van der Waals surface area (Å²) in [6, 6.07) is 7.97. The zero-order chi connectivity index (χ0) is 11.1. The summed E-state index contributed by atoms with van der Waals surface area (Å²) in [5, 5.41) is 0. The lowest BCUT2D eigenvalue weighted by molar-refractivity contribution is 0.172. The van der Waals surface area contributed by atoms with Crippen LogP contribution in [0.3, 0.4) is 0 Å². The van der Waals surface area contributed by atoms with Gasteiger partial charge in [-0.25, -0.2) is 0 Å². The molecular formula is C12H19NO2. The van der Waals surface area contributed by atoms with E-state index in [0.29, 0.717) is 6.61 Å². The molecule has 0 spiro atoms. The third kappa shape index (κ3) is 4.32. The molecule has 0 aliphatic heterocycles. The molecule has 1 unspecified atom stereocenters. The van der Waals surface area contributed by atoms with Crippen LogP contribution in [0.4, 0.5) is 0 Å². The minimum atomic E-state index is 0.0764. The maximum absolute atomic E-state index is 5.75. The molecule has 15 heavy (non-hydrogen) atoms. The van der Waals surface area contributed by atoms with Gasteiger partial charge in [-0.1, -0.05) is 12.1 Å². The number of rotatable bonds is 6. The summed E-state index contributed by atoms with van der Waals surface area (Å²) in [5.74, 6) is 0.885. The van der Waals surface area contributed by atoms with E-state index in [1.807, 2.05) is 31.2 Å². The molecule has 1 aromatic rings. The largest absolute Gasteiger partial charge is 0.494 e. The second-order valence-electron chi connectivity index (χ2n) is 3.55. The van der Waals surface area contributed by atoms with Crippen molar-refractivity contribution in [1.82, 2.24) is 0 Å². The van der Waals surface area contributed by atoms with Crippen molar-refractivity contribution in [2.24, 2.45) is 5.73 Å². The lowest BCUT2D eigenvalue weighted by Crippen LogP contribution is -2.05. The normalized spacial score (nSPS) is 12.5. The number of hydrogen-bond acceptors (Lipinski definition) is 3. The molecule has 0 aliphatic rings. The molecule has 1 atom stereocenters. The molecule has 0 aliphatic carbocycles. The van der Waals surface area contributed by atoms with Gasteiger partial charge in [0, 0.05) is 26.2 Å². The highest BCUT2D eigenvalue weighted by Gasteiger charge is 1.99. The molecule has 1 aromatic carbocycles. The van der Waals surface area contributed by atoms with Gasteiger partial charge < -0.3 is 15.2 Å². The van der Waals surface area contributed by atoms with Gasteiger partial charge in [0.15, 0.2) is 0 Å². The van der Waals surface area contributed by atoms with Gasteiger partial charge in [0.05, 0.1) is 6.61 Å². The molecule has 0 fully saturated rings. The number of benzene rings is 1. The van der Waals surface area contributed by atoms with Crippen molar-refractivity contribution in [3.8, 4) is 5.75 Å². The van der Waals surface area contributed by atoms with Gasteiger partial charge in [0.25, 0.3) is 0 Å². The third-order valence-electron chi connectivity index (χ3n) is 2.17. The summed E-state index contributed by atoms with van der Waals surface area (Å²) < 4.78 is 10.5. The third-order valence-corrected chi connectivity index (χ3v) is 2.17. The van der Waals surface area contributed by atoms with Crippen molar-refractivity contribution >= 4 is 0 Å². The fourth-order valence-electron chi connectivity index (χ4n) is 1.26. The topological polar surface area (TPSA) is 44.5 Å². The molecule has 0 bridgehead atoms. The lowest BCUT2D eigenvalue weighted by atomic mass is 10.1. The van der Waals surface area contributed by atoms with E-state index in [1.54, 1.807) is 7.11 Å². The minimum Gasteiger partial charge on any atom is -0.494 e. The second-order valence-corrected chi connectivity index (χ2v) is 3.55. The van der Waals surface area contributed by atoms with Crippen molar-refractivity contribution in [3.05, 3.63) is 29.8 Å². The van der Waals surface area contributed by atoms with Crippen LogP contribution in [0, 0.1) is 0 Å². The molecule has 0 amide bonds. The van der Waals surface area contributed by atoms with Crippen LogP contribution in [-0.2, 0) is 4.74 Å². The van der Waals surface area contributed by atoms with Crippen LogP contribution in [-0.4, -0.2) is 20.3 Å². The standard InChI is InChI=1S/C12H19NO2/c1-10(13)11-4-6-12(7-5-11)15-9-3-8-14-2/h4-7,10H,3,8-9,13H2,1-2H3. The highest BCUT2D eigenvalue weighted by molar-refractivity contribution is 5.28. The van der Waals surface area contributed by atoms with E-state index in [1.165, 1.54) is 0 Å². The summed E-state index contributed by atoms with van der Waals surface area (Å²) in [4.78, 5) is 0. The van der Waals surface area contributed by atoms with Gasteiger partial charge in [-0.3, -0.25) is 0 Å². The van der Waals surface area contributed by atoms with Crippen LogP contribution in [0.2, 0.25) is 0 Å². The Morgan fingerprint density at radius 1 is 1.20 bits per heavy atom. The Hall–Kier alpha value is -1.06. The van der Waals surface area contributed by atoms with Crippen molar-refractivity contribution in [3.63, 3.8) is 0 Å². The number of nitrogens with two attached hydrogens (primary N) is 1.